The predicted molar refractivity (Wildman–Crippen MR) is 91.4 cm³/mol. The van der Waals surface area contributed by atoms with Crippen LogP contribution in [-0.2, 0) is 23.9 Å². The van der Waals surface area contributed by atoms with Gasteiger partial charge in [-0.15, -0.1) is 0 Å². The zero-order valence-corrected chi connectivity index (χ0v) is 14.7. The highest BCUT2D eigenvalue weighted by molar-refractivity contribution is 6.26. The number of carbonyl (C=O) groups excluding carboxylic acids is 4. The average molecular weight is 357 g/mol. The van der Waals surface area contributed by atoms with E-state index in [-0.39, 0.29) is 18.7 Å². The third kappa shape index (κ3) is 2.63. The number of ether oxygens (including phenoxy) is 1. The lowest BCUT2D eigenvalue weighted by Gasteiger charge is -2.30. The van der Waals surface area contributed by atoms with Gasteiger partial charge in [-0.25, -0.2) is 14.7 Å². The summed E-state index contributed by atoms with van der Waals surface area (Å²) in [5.41, 5.74) is 2.41. The van der Waals surface area contributed by atoms with Gasteiger partial charge in [-0.05, 0) is 32.1 Å². The summed E-state index contributed by atoms with van der Waals surface area (Å²) in [6, 6.07) is 6.91. The first kappa shape index (κ1) is 17.7. The van der Waals surface area contributed by atoms with Crippen molar-refractivity contribution in [3.8, 4) is 0 Å². The minimum Gasteiger partial charge on any atom is -0.461 e. The van der Waals surface area contributed by atoms with E-state index in [0.29, 0.717) is 5.69 Å². The molecule has 0 unspecified atom stereocenters. The number of benzene rings is 1. The lowest BCUT2D eigenvalue weighted by molar-refractivity contribution is -0.144. The molecular formula is C18H19N3O5. The molecule has 0 aliphatic carbocycles. The van der Waals surface area contributed by atoms with E-state index >= 15 is 0 Å². The van der Waals surface area contributed by atoms with Gasteiger partial charge in [-0.1, -0.05) is 17.7 Å². The van der Waals surface area contributed by atoms with E-state index < -0.39 is 29.2 Å². The van der Waals surface area contributed by atoms with E-state index in [9.17, 15) is 19.2 Å². The third-order valence-corrected chi connectivity index (χ3v) is 4.36. The van der Waals surface area contributed by atoms with Crippen molar-refractivity contribution < 1.29 is 23.9 Å². The molecular weight excluding hydrogens is 338 g/mol. The Morgan fingerprint density at radius 3 is 2.46 bits per heavy atom. The molecule has 2 aliphatic rings. The van der Waals surface area contributed by atoms with Crippen molar-refractivity contribution in [3.05, 3.63) is 41.6 Å². The number of hydrogen-bond donors (Lipinski definition) is 1. The molecule has 1 saturated heterocycles. The van der Waals surface area contributed by atoms with Crippen LogP contribution in [0.25, 0.3) is 0 Å². The number of aryl methyl sites for hydroxylation is 1. The summed E-state index contributed by atoms with van der Waals surface area (Å²) < 4.78 is 4.93. The summed E-state index contributed by atoms with van der Waals surface area (Å²) >= 11 is 0. The largest absolute Gasteiger partial charge is 0.461 e. The topological polar surface area (TPSA) is 96.0 Å². The second-order valence-corrected chi connectivity index (χ2v) is 6.22. The summed E-state index contributed by atoms with van der Waals surface area (Å²) in [5.74, 6) is -2.22. The fourth-order valence-corrected chi connectivity index (χ4v) is 3.16. The fourth-order valence-electron chi connectivity index (χ4n) is 3.16. The van der Waals surface area contributed by atoms with Crippen LogP contribution >= 0.6 is 0 Å². The Labute approximate surface area is 150 Å². The van der Waals surface area contributed by atoms with E-state index in [0.717, 1.165) is 15.5 Å². The molecule has 1 spiro atoms. The standard InChI is InChI=1S/C18H19N3O5/c1-4-26-16(24)14-9-18(21(19-14)12(3)22)10-15(23)20(17(18)25)13-7-5-11(2)6-8-13/h5-9,19H,4,10H2,1-3H3/t18-/m1/s1. The Bertz CT molecular complexity index is 830. The summed E-state index contributed by atoms with van der Waals surface area (Å²) in [4.78, 5) is 50.9. The molecule has 136 valence electrons. The molecule has 1 aromatic rings. The van der Waals surface area contributed by atoms with Gasteiger partial charge in [0.05, 0.1) is 18.7 Å². The van der Waals surface area contributed by atoms with Gasteiger partial charge in [0.25, 0.3) is 5.91 Å². The second-order valence-electron chi connectivity index (χ2n) is 6.22. The molecule has 3 amide bonds. The van der Waals surface area contributed by atoms with Crippen molar-refractivity contribution >= 4 is 29.4 Å². The first-order valence-corrected chi connectivity index (χ1v) is 8.21. The molecule has 8 nitrogen and oxygen atoms in total. The molecule has 2 aliphatic heterocycles. The van der Waals surface area contributed by atoms with Crippen LogP contribution in [0.3, 0.4) is 0 Å². The van der Waals surface area contributed by atoms with Crippen molar-refractivity contribution in [2.45, 2.75) is 32.7 Å². The summed E-state index contributed by atoms with van der Waals surface area (Å²) in [5, 5.41) is 1.02. The van der Waals surface area contributed by atoms with Gasteiger partial charge in [0.2, 0.25) is 11.8 Å². The maximum absolute atomic E-state index is 13.1. The van der Waals surface area contributed by atoms with E-state index in [1.54, 1.807) is 31.2 Å². The Morgan fingerprint density at radius 2 is 1.88 bits per heavy atom. The summed E-state index contributed by atoms with van der Waals surface area (Å²) in [6.45, 7) is 4.94. The highest BCUT2D eigenvalue weighted by Crippen LogP contribution is 2.38. The second kappa shape index (κ2) is 6.29. The number of nitrogens with zero attached hydrogens (tertiary/aromatic N) is 2. The van der Waals surface area contributed by atoms with Crippen LogP contribution in [0.15, 0.2) is 36.0 Å². The molecule has 0 radical (unpaired) electrons. The number of hydrogen-bond acceptors (Lipinski definition) is 6. The number of anilines is 1. The van der Waals surface area contributed by atoms with E-state index in [2.05, 4.69) is 5.43 Å². The molecule has 0 bridgehead atoms. The maximum Gasteiger partial charge on any atom is 0.355 e. The van der Waals surface area contributed by atoms with Crippen LogP contribution in [0.5, 0.6) is 0 Å². The molecule has 8 heteroatoms. The lowest BCUT2D eigenvalue weighted by Crippen LogP contribution is -2.56. The van der Waals surface area contributed by atoms with Crippen LogP contribution in [0, 0.1) is 6.92 Å². The Kier molecular flexibility index (Phi) is 4.27. The maximum atomic E-state index is 13.1. The highest BCUT2D eigenvalue weighted by atomic mass is 16.5. The van der Waals surface area contributed by atoms with E-state index in [1.165, 1.54) is 13.0 Å². The number of esters is 1. The molecule has 1 fully saturated rings. The monoisotopic (exact) mass is 357 g/mol. The number of amides is 3. The molecule has 1 aromatic carbocycles. The number of hydrazine groups is 1. The predicted octanol–water partition coefficient (Wildman–Crippen LogP) is 0.811. The zero-order chi connectivity index (χ0) is 19.1. The summed E-state index contributed by atoms with van der Waals surface area (Å²) in [6.07, 6.45) is 1.05. The molecule has 3 rings (SSSR count). The summed E-state index contributed by atoms with van der Waals surface area (Å²) in [7, 11) is 0. The molecule has 1 N–H and O–H groups in total. The van der Waals surface area contributed by atoms with E-state index in [1.807, 2.05) is 6.92 Å². The quantitative estimate of drug-likeness (QED) is 0.635. The first-order valence-electron chi connectivity index (χ1n) is 8.21. The Morgan fingerprint density at radius 1 is 1.23 bits per heavy atom. The lowest BCUT2D eigenvalue weighted by atomic mass is 9.96. The number of carbonyl (C=O) groups is 4. The Balaban J connectivity index is 2.02. The number of imide groups is 1. The molecule has 0 saturated carbocycles. The number of nitrogens with one attached hydrogen (secondary N) is 1. The van der Waals surface area contributed by atoms with Crippen LogP contribution in [0.1, 0.15) is 25.8 Å². The van der Waals surface area contributed by atoms with Gasteiger partial charge in [0, 0.05) is 6.92 Å². The van der Waals surface area contributed by atoms with Gasteiger partial charge in [0.15, 0.2) is 5.54 Å². The first-order chi connectivity index (χ1) is 12.3. The molecule has 26 heavy (non-hydrogen) atoms. The van der Waals surface area contributed by atoms with Gasteiger partial charge < -0.3 is 4.74 Å². The normalized spacial score (nSPS) is 21.9. The zero-order valence-electron chi connectivity index (χ0n) is 14.7. The highest BCUT2D eigenvalue weighted by Gasteiger charge is 2.59. The van der Waals surface area contributed by atoms with Gasteiger partial charge >= 0.3 is 5.97 Å². The van der Waals surface area contributed by atoms with Crippen LogP contribution in [0.4, 0.5) is 5.69 Å². The van der Waals surface area contributed by atoms with Gasteiger partial charge in [-0.2, -0.15) is 0 Å². The van der Waals surface area contributed by atoms with Crippen LogP contribution < -0.4 is 10.3 Å². The Hall–Kier alpha value is -3.16. The minimum atomic E-state index is -1.57. The SMILES string of the molecule is CCOC(=O)C1=C[C@]2(CC(=O)N(c3ccc(C)cc3)C2=O)N(C(C)=O)N1. The van der Waals surface area contributed by atoms with Gasteiger partial charge in [0.1, 0.15) is 5.70 Å². The van der Waals surface area contributed by atoms with Crippen molar-refractivity contribution in [3.63, 3.8) is 0 Å². The molecule has 2 heterocycles. The average Bonchev–Trinajstić information content (AvgIpc) is 3.08. The van der Waals surface area contributed by atoms with Crippen LogP contribution in [-0.4, -0.2) is 40.8 Å². The van der Waals surface area contributed by atoms with Crippen molar-refractivity contribution in [2.75, 3.05) is 11.5 Å². The number of rotatable bonds is 3. The van der Waals surface area contributed by atoms with Crippen LogP contribution in [0.2, 0.25) is 0 Å². The fraction of sp³-hybridized carbons (Fsp3) is 0.333. The van der Waals surface area contributed by atoms with Crippen molar-refractivity contribution in [1.29, 1.82) is 0 Å². The minimum absolute atomic E-state index is 0.0334. The molecule has 1 atom stereocenters. The molecule has 0 aromatic heterocycles. The van der Waals surface area contributed by atoms with Crippen molar-refractivity contribution in [1.82, 2.24) is 10.4 Å². The third-order valence-electron chi connectivity index (χ3n) is 4.36. The van der Waals surface area contributed by atoms with E-state index in [4.69, 9.17) is 4.74 Å². The van der Waals surface area contributed by atoms with Crippen molar-refractivity contribution in [2.24, 2.45) is 0 Å². The smallest absolute Gasteiger partial charge is 0.355 e. The van der Waals surface area contributed by atoms with Gasteiger partial charge in [-0.3, -0.25) is 19.8 Å².